The van der Waals surface area contributed by atoms with Crippen LogP contribution in [-0.2, 0) is 0 Å². The molecule has 0 aromatic heterocycles. The van der Waals surface area contributed by atoms with Crippen LogP contribution in [0.3, 0.4) is 0 Å². The number of nitrogens with zero attached hydrogens (tertiary/aromatic N) is 2. The van der Waals surface area contributed by atoms with Gasteiger partial charge in [-0.15, -0.1) is 0 Å². The summed E-state index contributed by atoms with van der Waals surface area (Å²) in [5.74, 6) is 2.27. The van der Waals surface area contributed by atoms with E-state index in [9.17, 15) is 4.79 Å². The van der Waals surface area contributed by atoms with Gasteiger partial charge in [-0.3, -0.25) is 4.79 Å². The molecule has 0 atom stereocenters. The van der Waals surface area contributed by atoms with E-state index in [1.54, 1.807) is 7.11 Å². The van der Waals surface area contributed by atoms with Crippen molar-refractivity contribution in [2.75, 3.05) is 38.2 Å². The van der Waals surface area contributed by atoms with Crippen LogP contribution in [-0.4, -0.2) is 44.1 Å². The lowest BCUT2D eigenvalue weighted by Gasteiger charge is -2.36. The highest BCUT2D eigenvalue weighted by Gasteiger charge is 2.24. The lowest BCUT2D eigenvalue weighted by Crippen LogP contribution is -2.48. The molecular weight excluding hydrogens is 364 g/mol. The molecule has 1 aliphatic rings. The molecule has 0 bridgehead atoms. The minimum Gasteiger partial charge on any atom is -0.496 e. The minimum atomic E-state index is 0.0220. The average molecular weight is 388 g/mol. The van der Waals surface area contributed by atoms with E-state index >= 15 is 0 Å². The van der Waals surface area contributed by atoms with Crippen LogP contribution in [0.15, 0.2) is 78.9 Å². The van der Waals surface area contributed by atoms with Gasteiger partial charge in [0.05, 0.1) is 12.7 Å². The van der Waals surface area contributed by atoms with Crippen molar-refractivity contribution < 1.29 is 14.3 Å². The van der Waals surface area contributed by atoms with Gasteiger partial charge in [0.2, 0.25) is 0 Å². The van der Waals surface area contributed by atoms with Gasteiger partial charge in [-0.2, -0.15) is 0 Å². The van der Waals surface area contributed by atoms with Crippen LogP contribution >= 0.6 is 0 Å². The maximum atomic E-state index is 12.9. The summed E-state index contributed by atoms with van der Waals surface area (Å²) in [6.45, 7) is 2.94. The van der Waals surface area contributed by atoms with Crippen molar-refractivity contribution in [3.8, 4) is 17.2 Å². The standard InChI is InChI=1S/C24H24N2O3/c1-28-23-10-6-5-9-22(23)24(27)26-17-15-25(16-18-26)19-11-13-21(14-12-19)29-20-7-3-2-4-8-20/h2-14H,15-18H2,1H3. The van der Waals surface area contributed by atoms with Crippen molar-refractivity contribution in [2.45, 2.75) is 0 Å². The topological polar surface area (TPSA) is 42.0 Å². The zero-order valence-electron chi connectivity index (χ0n) is 16.5. The molecule has 5 heteroatoms. The molecule has 1 heterocycles. The third-order valence-electron chi connectivity index (χ3n) is 5.09. The summed E-state index contributed by atoms with van der Waals surface area (Å²) < 4.78 is 11.2. The van der Waals surface area contributed by atoms with Crippen LogP contribution in [0.1, 0.15) is 10.4 Å². The van der Waals surface area contributed by atoms with E-state index in [0.29, 0.717) is 24.4 Å². The number of carbonyl (C=O) groups excluding carboxylic acids is 1. The summed E-state index contributed by atoms with van der Waals surface area (Å²) in [6, 6.07) is 25.2. The Kier molecular flexibility index (Phi) is 5.66. The van der Waals surface area contributed by atoms with Crippen LogP contribution in [0.25, 0.3) is 0 Å². The quantitative estimate of drug-likeness (QED) is 0.648. The molecular formula is C24H24N2O3. The van der Waals surface area contributed by atoms with E-state index in [-0.39, 0.29) is 5.91 Å². The van der Waals surface area contributed by atoms with Gasteiger partial charge >= 0.3 is 0 Å². The molecule has 4 rings (SSSR count). The maximum absolute atomic E-state index is 12.9. The fraction of sp³-hybridized carbons (Fsp3) is 0.208. The van der Waals surface area contributed by atoms with Crippen LogP contribution in [0.5, 0.6) is 17.2 Å². The smallest absolute Gasteiger partial charge is 0.257 e. The van der Waals surface area contributed by atoms with E-state index in [2.05, 4.69) is 17.0 Å². The fourth-order valence-corrected chi connectivity index (χ4v) is 3.51. The number of anilines is 1. The molecule has 0 spiro atoms. The number of benzene rings is 3. The molecule has 0 unspecified atom stereocenters. The van der Waals surface area contributed by atoms with Gasteiger partial charge < -0.3 is 19.3 Å². The van der Waals surface area contributed by atoms with E-state index in [0.717, 1.165) is 30.3 Å². The Hall–Kier alpha value is -3.47. The van der Waals surface area contributed by atoms with Gasteiger partial charge in [-0.05, 0) is 48.5 Å². The summed E-state index contributed by atoms with van der Waals surface area (Å²) in [5, 5.41) is 0. The molecule has 3 aromatic carbocycles. The Morgan fingerprint density at radius 2 is 1.38 bits per heavy atom. The number of rotatable bonds is 5. The van der Waals surface area contributed by atoms with Gasteiger partial charge in [0.15, 0.2) is 0 Å². The third-order valence-corrected chi connectivity index (χ3v) is 5.09. The van der Waals surface area contributed by atoms with Crippen LogP contribution in [0.2, 0.25) is 0 Å². The number of methoxy groups -OCH3 is 1. The SMILES string of the molecule is COc1ccccc1C(=O)N1CCN(c2ccc(Oc3ccccc3)cc2)CC1. The molecule has 29 heavy (non-hydrogen) atoms. The van der Waals surface area contributed by atoms with Crippen molar-refractivity contribution in [1.82, 2.24) is 4.90 Å². The second-order valence-electron chi connectivity index (χ2n) is 6.89. The van der Waals surface area contributed by atoms with E-state index in [1.807, 2.05) is 71.6 Å². The highest BCUT2D eigenvalue weighted by atomic mass is 16.5. The number of carbonyl (C=O) groups is 1. The number of ether oxygens (including phenoxy) is 2. The van der Waals surface area contributed by atoms with Crippen molar-refractivity contribution in [1.29, 1.82) is 0 Å². The van der Waals surface area contributed by atoms with Crippen molar-refractivity contribution in [3.63, 3.8) is 0 Å². The minimum absolute atomic E-state index is 0.0220. The summed E-state index contributed by atoms with van der Waals surface area (Å²) in [5.41, 5.74) is 1.75. The van der Waals surface area contributed by atoms with Crippen molar-refractivity contribution in [3.05, 3.63) is 84.4 Å². The third kappa shape index (κ3) is 4.35. The van der Waals surface area contributed by atoms with E-state index in [4.69, 9.17) is 9.47 Å². The van der Waals surface area contributed by atoms with Gasteiger partial charge in [0.25, 0.3) is 5.91 Å². The first-order valence-electron chi connectivity index (χ1n) is 9.75. The van der Waals surface area contributed by atoms with Gasteiger partial charge in [-0.25, -0.2) is 0 Å². The molecule has 3 aromatic rings. The monoisotopic (exact) mass is 388 g/mol. The molecule has 0 radical (unpaired) electrons. The Labute approximate surface area is 171 Å². The predicted octanol–water partition coefficient (Wildman–Crippen LogP) is 4.45. The normalized spacial score (nSPS) is 13.8. The molecule has 148 valence electrons. The molecule has 0 saturated carbocycles. The highest BCUT2D eigenvalue weighted by molar-refractivity contribution is 5.97. The van der Waals surface area contributed by atoms with Gasteiger partial charge in [0, 0.05) is 31.9 Å². The first-order valence-corrected chi connectivity index (χ1v) is 9.75. The lowest BCUT2D eigenvalue weighted by molar-refractivity contribution is 0.0743. The van der Waals surface area contributed by atoms with Gasteiger partial charge in [0.1, 0.15) is 17.2 Å². The lowest BCUT2D eigenvalue weighted by atomic mass is 10.1. The Morgan fingerprint density at radius 1 is 0.759 bits per heavy atom. The number of hydrogen-bond donors (Lipinski definition) is 0. The predicted molar refractivity (Wildman–Crippen MR) is 114 cm³/mol. The largest absolute Gasteiger partial charge is 0.496 e. The van der Waals surface area contributed by atoms with E-state index < -0.39 is 0 Å². The highest BCUT2D eigenvalue weighted by Crippen LogP contribution is 2.26. The number of para-hydroxylation sites is 2. The maximum Gasteiger partial charge on any atom is 0.257 e. The van der Waals surface area contributed by atoms with Crippen molar-refractivity contribution >= 4 is 11.6 Å². The first kappa shape index (κ1) is 18.9. The van der Waals surface area contributed by atoms with E-state index in [1.165, 1.54) is 0 Å². The van der Waals surface area contributed by atoms with Crippen LogP contribution in [0, 0.1) is 0 Å². The number of hydrogen-bond acceptors (Lipinski definition) is 4. The summed E-state index contributed by atoms with van der Waals surface area (Å²) in [4.78, 5) is 17.0. The van der Waals surface area contributed by atoms with Crippen LogP contribution in [0.4, 0.5) is 5.69 Å². The van der Waals surface area contributed by atoms with Crippen molar-refractivity contribution in [2.24, 2.45) is 0 Å². The van der Waals surface area contributed by atoms with Crippen LogP contribution < -0.4 is 14.4 Å². The fourth-order valence-electron chi connectivity index (χ4n) is 3.51. The molecule has 0 aliphatic carbocycles. The Bertz CT molecular complexity index is 949. The molecule has 0 N–H and O–H groups in total. The molecule has 5 nitrogen and oxygen atoms in total. The summed E-state index contributed by atoms with van der Waals surface area (Å²) in [7, 11) is 1.59. The molecule has 1 aliphatic heterocycles. The Morgan fingerprint density at radius 3 is 2.07 bits per heavy atom. The van der Waals surface area contributed by atoms with Gasteiger partial charge in [-0.1, -0.05) is 30.3 Å². The zero-order chi connectivity index (χ0) is 20.1. The average Bonchev–Trinajstić information content (AvgIpc) is 2.80. The second kappa shape index (κ2) is 8.69. The summed E-state index contributed by atoms with van der Waals surface area (Å²) >= 11 is 0. The number of piperazine rings is 1. The second-order valence-corrected chi connectivity index (χ2v) is 6.89. The Balaban J connectivity index is 1.36. The summed E-state index contributed by atoms with van der Waals surface area (Å²) in [6.07, 6.45) is 0. The zero-order valence-corrected chi connectivity index (χ0v) is 16.5. The molecule has 1 saturated heterocycles. The first-order chi connectivity index (χ1) is 14.2. The molecule has 1 amide bonds. The number of amides is 1. The molecule has 1 fully saturated rings.